The summed E-state index contributed by atoms with van der Waals surface area (Å²) in [6, 6.07) is 1.94. The second-order valence-electron chi connectivity index (χ2n) is 3.06. The summed E-state index contributed by atoms with van der Waals surface area (Å²) in [4.78, 5) is 6.04. The van der Waals surface area contributed by atoms with Crippen molar-refractivity contribution in [2.45, 2.75) is 19.9 Å². The normalized spacial score (nSPS) is 11.0. The van der Waals surface area contributed by atoms with Gasteiger partial charge in [0.2, 0.25) is 0 Å². The quantitative estimate of drug-likeness (QED) is 0.519. The molecule has 1 heterocycles. The van der Waals surface area contributed by atoms with E-state index in [1.54, 1.807) is 6.34 Å². The minimum atomic E-state index is 0.561. The topological polar surface area (TPSA) is 41.6 Å². The van der Waals surface area contributed by atoms with Crippen molar-refractivity contribution >= 4 is 6.34 Å². The van der Waals surface area contributed by atoms with E-state index in [2.05, 4.69) is 10.1 Å². The third kappa shape index (κ3) is 3.27. The molecule has 0 saturated carbocycles. The Morgan fingerprint density at radius 1 is 1.62 bits per heavy atom. The first kappa shape index (κ1) is 9.77. The standard InChI is InChI=1S/C9H15N3O/c1-4-8-5-9(13-11-8)6-10-7-12(2)3/h5,7H,4,6H2,1-3H3/b10-7+. The number of rotatable bonds is 4. The molecule has 13 heavy (non-hydrogen) atoms. The van der Waals surface area contributed by atoms with Gasteiger partial charge in [-0.25, -0.2) is 0 Å². The van der Waals surface area contributed by atoms with Gasteiger partial charge in [0.15, 0.2) is 5.76 Å². The van der Waals surface area contributed by atoms with Crippen LogP contribution in [0.2, 0.25) is 0 Å². The van der Waals surface area contributed by atoms with E-state index in [1.807, 2.05) is 32.0 Å². The number of nitrogens with zero attached hydrogens (tertiary/aromatic N) is 3. The van der Waals surface area contributed by atoms with Gasteiger partial charge in [-0.05, 0) is 6.42 Å². The van der Waals surface area contributed by atoms with E-state index in [1.165, 1.54) is 0 Å². The summed E-state index contributed by atoms with van der Waals surface area (Å²) in [5, 5.41) is 3.87. The highest BCUT2D eigenvalue weighted by Gasteiger charge is 1.99. The van der Waals surface area contributed by atoms with Crippen LogP contribution in [-0.2, 0) is 13.0 Å². The van der Waals surface area contributed by atoms with Crippen LogP contribution in [0.5, 0.6) is 0 Å². The van der Waals surface area contributed by atoms with Crippen molar-refractivity contribution in [3.8, 4) is 0 Å². The number of hydrogen-bond donors (Lipinski definition) is 0. The van der Waals surface area contributed by atoms with E-state index in [4.69, 9.17) is 4.52 Å². The lowest BCUT2D eigenvalue weighted by Gasteiger charge is -2.00. The minimum Gasteiger partial charge on any atom is -0.369 e. The SMILES string of the molecule is CCc1cc(C/N=C/N(C)C)on1. The predicted octanol–water partition coefficient (Wildman–Crippen LogP) is 1.33. The van der Waals surface area contributed by atoms with Crippen LogP contribution in [0, 0.1) is 0 Å². The monoisotopic (exact) mass is 181 g/mol. The molecule has 0 aliphatic heterocycles. The molecule has 0 fully saturated rings. The van der Waals surface area contributed by atoms with Crippen molar-refractivity contribution in [3.63, 3.8) is 0 Å². The van der Waals surface area contributed by atoms with Crippen LogP contribution in [0.1, 0.15) is 18.4 Å². The Labute approximate surface area is 78.2 Å². The molecule has 4 nitrogen and oxygen atoms in total. The second-order valence-corrected chi connectivity index (χ2v) is 3.06. The molecule has 0 aliphatic rings. The van der Waals surface area contributed by atoms with Crippen molar-refractivity contribution in [3.05, 3.63) is 17.5 Å². The Balaban J connectivity index is 2.45. The molecule has 1 rings (SSSR count). The van der Waals surface area contributed by atoms with Crippen LogP contribution in [0.25, 0.3) is 0 Å². The van der Waals surface area contributed by atoms with Gasteiger partial charge in [0.1, 0.15) is 6.54 Å². The van der Waals surface area contributed by atoms with E-state index in [-0.39, 0.29) is 0 Å². The van der Waals surface area contributed by atoms with E-state index < -0.39 is 0 Å². The van der Waals surface area contributed by atoms with Gasteiger partial charge in [-0.15, -0.1) is 0 Å². The summed E-state index contributed by atoms with van der Waals surface area (Å²) < 4.78 is 5.06. The lowest BCUT2D eigenvalue weighted by molar-refractivity contribution is 0.379. The smallest absolute Gasteiger partial charge is 0.158 e. The maximum atomic E-state index is 5.06. The molecule has 0 atom stereocenters. The maximum Gasteiger partial charge on any atom is 0.158 e. The molecule has 0 aromatic carbocycles. The number of aromatic nitrogens is 1. The molecule has 72 valence electrons. The zero-order chi connectivity index (χ0) is 9.68. The van der Waals surface area contributed by atoms with Crippen molar-refractivity contribution in [2.75, 3.05) is 14.1 Å². The van der Waals surface area contributed by atoms with Crippen LogP contribution < -0.4 is 0 Å². The average Bonchev–Trinajstić information content (AvgIpc) is 2.52. The van der Waals surface area contributed by atoms with E-state index in [0.29, 0.717) is 6.54 Å². The largest absolute Gasteiger partial charge is 0.369 e. The van der Waals surface area contributed by atoms with Gasteiger partial charge in [-0.2, -0.15) is 0 Å². The minimum absolute atomic E-state index is 0.561. The Hall–Kier alpha value is -1.32. The summed E-state index contributed by atoms with van der Waals surface area (Å²) in [6.07, 6.45) is 2.66. The number of aryl methyl sites for hydroxylation is 1. The number of aliphatic imine (C=N–C) groups is 1. The fraction of sp³-hybridized carbons (Fsp3) is 0.556. The molecule has 1 aromatic heterocycles. The zero-order valence-corrected chi connectivity index (χ0v) is 8.32. The third-order valence-electron chi connectivity index (χ3n) is 1.53. The second kappa shape index (κ2) is 4.64. The highest BCUT2D eigenvalue weighted by molar-refractivity contribution is 5.53. The fourth-order valence-corrected chi connectivity index (χ4v) is 0.891. The molecule has 0 bridgehead atoms. The molecule has 0 saturated heterocycles. The van der Waals surface area contributed by atoms with Gasteiger partial charge in [0.25, 0.3) is 0 Å². The van der Waals surface area contributed by atoms with Crippen LogP contribution in [0.3, 0.4) is 0 Å². The molecule has 0 N–H and O–H groups in total. The molecule has 0 spiro atoms. The van der Waals surface area contributed by atoms with Gasteiger partial charge < -0.3 is 9.42 Å². The molecule has 0 amide bonds. The first-order valence-corrected chi connectivity index (χ1v) is 4.33. The van der Waals surface area contributed by atoms with E-state index in [0.717, 1.165) is 17.9 Å². The molecule has 0 aliphatic carbocycles. The Morgan fingerprint density at radius 2 is 2.38 bits per heavy atom. The molecule has 0 unspecified atom stereocenters. The molecule has 4 heteroatoms. The van der Waals surface area contributed by atoms with E-state index >= 15 is 0 Å². The van der Waals surface area contributed by atoms with Crippen molar-refractivity contribution in [1.29, 1.82) is 0 Å². The lowest BCUT2D eigenvalue weighted by Crippen LogP contribution is -2.07. The van der Waals surface area contributed by atoms with Gasteiger partial charge >= 0.3 is 0 Å². The number of hydrogen-bond acceptors (Lipinski definition) is 3. The van der Waals surface area contributed by atoms with Crippen LogP contribution in [0.15, 0.2) is 15.6 Å². The first-order chi connectivity index (χ1) is 6.22. The molecular weight excluding hydrogens is 166 g/mol. The van der Waals surface area contributed by atoms with Gasteiger partial charge in [0, 0.05) is 20.2 Å². The van der Waals surface area contributed by atoms with Gasteiger partial charge in [-0.1, -0.05) is 12.1 Å². The van der Waals surface area contributed by atoms with Crippen LogP contribution in [-0.4, -0.2) is 30.5 Å². The van der Waals surface area contributed by atoms with Gasteiger partial charge in [-0.3, -0.25) is 4.99 Å². The maximum absolute atomic E-state index is 5.06. The third-order valence-corrected chi connectivity index (χ3v) is 1.53. The summed E-state index contributed by atoms with van der Waals surface area (Å²) >= 11 is 0. The first-order valence-electron chi connectivity index (χ1n) is 4.33. The van der Waals surface area contributed by atoms with Crippen LogP contribution in [0.4, 0.5) is 0 Å². The fourth-order valence-electron chi connectivity index (χ4n) is 0.891. The molecule has 0 radical (unpaired) electrons. The molecular formula is C9H15N3O. The highest BCUT2D eigenvalue weighted by Crippen LogP contribution is 2.04. The zero-order valence-electron chi connectivity index (χ0n) is 8.32. The molecule has 1 aromatic rings. The summed E-state index contributed by atoms with van der Waals surface area (Å²) in [7, 11) is 3.86. The Morgan fingerprint density at radius 3 is 2.92 bits per heavy atom. The summed E-state index contributed by atoms with van der Waals surface area (Å²) in [5.41, 5.74) is 0.982. The summed E-state index contributed by atoms with van der Waals surface area (Å²) in [6.45, 7) is 2.61. The average molecular weight is 181 g/mol. The predicted molar refractivity (Wildman–Crippen MR) is 51.8 cm³/mol. The van der Waals surface area contributed by atoms with Crippen LogP contribution >= 0.6 is 0 Å². The summed E-state index contributed by atoms with van der Waals surface area (Å²) in [5.74, 6) is 0.815. The van der Waals surface area contributed by atoms with Crippen molar-refractivity contribution in [2.24, 2.45) is 4.99 Å². The highest BCUT2D eigenvalue weighted by atomic mass is 16.5. The van der Waals surface area contributed by atoms with Crippen molar-refractivity contribution in [1.82, 2.24) is 10.1 Å². The Kier molecular flexibility index (Phi) is 3.49. The van der Waals surface area contributed by atoms with Gasteiger partial charge in [0.05, 0.1) is 12.0 Å². The van der Waals surface area contributed by atoms with Crippen molar-refractivity contribution < 1.29 is 4.52 Å². The lowest BCUT2D eigenvalue weighted by atomic mass is 10.3. The Bertz CT molecular complexity index is 278. The van der Waals surface area contributed by atoms with E-state index in [9.17, 15) is 0 Å².